The highest BCUT2D eigenvalue weighted by Gasteiger charge is 2.08. The molecule has 0 amide bonds. The van der Waals surface area contributed by atoms with Gasteiger partial charge in [0.05, 0.1) is 10.9 Å². The summed E-state index contributed by atoms with van der Waals surface area (Å²) in [6.45, 7) is 2.27. The number of esters is 1. The fourth-order valence-corrected chi connectivity index (χ4v) is 3.87. The third-order valence-electron chi connectivity index (χ3n) is 5.76. The first-order chi connectivity index (χ1) is 15.2. The second kappa shape index (κ2) is 15.6. The molecule has 0 spiro atoms. The second-order valence-corrected chi connectivity index (χ2v) is 8.49. The molecule has 2 aromatic rings. The molecule has 5 nitrogen and oxygen atoms in total. The molecule has 172 valence electrons. The minimum Gasteiger partial charge on any atom is -0.426 e. The molecular formula is C26H39NO4. The number of unbranched alkanes of at least 4 members (excludes halogenated alkanes) is 14. The topological polar surface area (TPSA) is 69.4 Å². The predicted molar refractivity (Wildman–Crippen MR) is 125 cm³/mol. The van der Waals surface area contributed by atoms with Gasteiger partial charge in [0.1, 0.15) is 5.75 Å². The number of nitrogens with zero attached hydrogens (tertiary/aromatic N) is 1. The number of rotatable bonds is 17. The summed E-state index contributed by atoms with van der Waals surface area (Å²) in [6, 6.07) is 4.77. The van der Waals surface area contributed by atoms with Gasteiger partial charge in [-0.05, 0) is 18.6 Å². The van der Waals surface area contributed by atoms with Crippen LogP contribution in [0, 0.1) is 0 Å². The van der Waals surface area contributed by atoms with E-state index in [9.17, 15) is 9.59 Å². The van der Waals surface area contributed by atoms with E-state index in [0.717, 1.165) is 19.2 Å². The molecule has 0 N–H and O–H groups in total. The summed E-state index contributed by atoms with van der Waals surface area (Å²) in [5.41, 5.74) is 0.0224. The fourth-order valence-electron chi connectivity index (χ4n) is 3.87. The number of carbonyl (C=O) groups is 1. The molecule has 0 unspecified atom stereocenters. The van der Waals surface area contributed by atoms with Gasteiger partial charge in [0.15, 0.2) is 6.39 Å². The SMILES string of the molecule is CCCCCCCCCCCCCCCCCC(=O)Oc1ccc2c(=O)ocnc2c1. The van der Waals surface area contributed by atoms with Gasteiger partial charge < -0.3 is 9.15 Å². The van der Waals surface area contributed by atoms with E-state index in [2.05, 4.69) is 11.9 Å². The smallest absolute Gasteiger partial charge is 0.346 e. The van der Waals surface area contributed by atoms with Crippen molar-refractivity contribution in [2.75, 3.05) is 0 Å². The third kappa shape index (κ3) is 10.6. The highest BCUT2D eigenvalue weighted by Crippen LogP contribution is 2.18. The second-order valence-electron chi connectivity index (χ2n) is 8.49. The van der Waals surface area contributed by atoms with Crippen LogP contribution in [0.5, 0.6) is 5.75 Å². The van der Waals surface area contributed by atoms with Gasteiger partial charge in [-0.2, -0.15) is 0 Å². The van der Waals surface area contributed by atoms with E-state index >= 15 is 0 Å². The van der Waals surface area contributed by atoms with E-state index in [1.54, 1.807) is 18.2 Å². The number of hydrogen-bond donors (Lipinski definition) is 0. The minimum atomic E-state index is -0.444. The van der Waals surface area contributed by atoms with Crippen LogP contribution < -0.4 is 10.4 Å². The third-order valence-corrected chi connectivity index (χ3v) is 5.76. The molecule has 5 heteroatoms. The van der Waals surface area contributed by atoms with Gasteiger partial charge in [-0.15, -0.1) is 0 Å². The Balaban J connectivity index is 1.43. The van der Waals surface area contributed by atoms with Crippen molar-refractivity contribution in [3.63, 3.8) is 0 Å². The van der Waals surface area contributed by atoms with Crippen molar-refractivity contribution in [1.29, 1.82) is 0 Å². The molecule has 0 saturated heterocycles. The lowest BCUT2D eigenvalue weighted by Crippen LogP contribution is -2.08. The summed E-state index contributed by atoms with van der Waals surface area (Å²) in [7, 11) is 0. The van der Waals surface area contributed by atoms with Crippen LogP contribution in [0.4, 0.5) is 0 Å². The Morgan fingerprint density at radius 3 is 1.97 bits per heavy atom. The van der Waals surface area contributed by atoms with Crippen LogP contribution >= 0.6 is 0 Å². The highest BCUT2D eigenvalue weighted by atomic mass is 16.5. The van der Waals surface area contributed by atoms with Crippen LogP contribution in [0.25, 0.3) is 10.9 Å². The van der Waals surface area contributed by atoms with Gasteiger partial charge in [-0.3, -0.25) is 4.79 Å². The molecule has 0 fully saturated rings. The van der Waals surface area contributed by atoms with Gasteiger partial charge in [-0.25, -0.2) is 9.78 Å². The van der Waals surface area contributed by atoms with E-state index in [1.807, 2.05) is 0 Å². The molecule has 2 rings (SSSR count). The summed E-state index contributed by atoms with van der Waals surface area (Å²) in [4.78, 5) is 27.6. The van der Waals surface area contributed by atoms with Gasteiger partial charge in [0, 0.05) is 12.5 Å². The van der Waals surface area contributed by atoms with Gasteiger partial charge in [0.25, 0.3) is 0 Å². The van der Waals surface area contributed by atoms with Crippen molar-refractivity contribution >= 4 is 16.9 Å². The van der Waals surface area contributed by atoms with Crippen molar-refractivity contribution < 1.29 is 13.9 Å². The van der Waals surface area contributed by atoms with Crippen molar-refractivity contribution in [2.45, 2.75) is 110 Å². The predicted octanol–water partition coefficient (Wildman–Crippen LogP) is 7.35. The zero-order valence-electron chi connectivity index (χ0n) is 19.2. The van der Waals surface area contributed by atoms with E-state index < -0.39 is 5.63 Å². The normalized spacial score (nSPS) is 11.1. The highest BCUT2D eigenvalue weighted by molar-refractivity contribution is 5.80. The van der Waals surface area contributed by atoms with Gasteiger partial charge in [0.2, 0.25) is 0 Å². The summed E-state index contributed by atoms with van der Waals surface area (Å²) in [5, 5.41) is 0.379. The molecule has 0 aliphatic heterocycles. The number of aromatic nitrogens is 1. The Kier molecular flexibility index (Phi) is 12.6. The zero-order chi connectivity index (χ0) is 22.2. The number of fused-ring (bicyclic) bond motifs is 1. The average Bonchev–Trinajstić information content (AvgIpc) is 2.76. The van der Waals surface area contributed by atoms with Crippen molar-refractivity contribution in [3.05, 3.63) is 35.0 Å². The van der Waals surface area contributed by atoms with Crippen LogP contribution in [-0.2, 0) is 4.79 Å². The van der Waals surface area contributed by atoms with Crippen LogP contribution in [0.1, 0.15) is 110 Å². The first-order valence-electron chi connectivity index (χ1n) is 12.3. The maximum absolute atomic E-state index is 12.0. The summed E-state index contributed by atoms with van der Waals surface area (Å²) in [5.74, 6) is 0.175. The lowest BCUT2D eigenvalue weighted by atomic mass is 10.0. The number of carbonyl (C=O) groups excluding carboxylic acids is 1. The molecule has 1 heterocycles. The van der Waals surface area contributed by atoms with Crippen LogP contribution in [0.2, 0.25) is 0 Å². The Labute approximate surface area is 186 Å². The molecule has 0 radical (unpaired) electrons. The van der Waals surface area contributed by atoms with Crippen LogP contribution in [0.3, 0.4) is 0 Å². The van der Waals surface area contributed by atoms with Crippen molar-refractivity contribution in [2.24, 2.45) is 0 Å². The van der Waals surface area contributed by atoms with Crippen molar-refractivity contribution in [3.8, 4) is 5.75 Å². The standard InChI is InChI=1S/C26H39NO4/c1-2-3-4-5-6-7-8-9-10-11-12-13-14-15-16-17-25(28)31-22-18-19-23-24(20-22)27-21-30-26(23)29/h18-21H,2-17H2,1H3. The molecule has 0 atom stereocenters. The average molecular weight is 430 g/mol. The molecule has 0 saturated carbocycles. The van der Waals surface area contributed by atoms with Gasteiger partial charge in [-0.1, -0.05) is 96.8 Å². The molecule has 1 aromatic heterocycles. The van der Waals surface area contributed by atoms with Crippen LogP contribution in [0.15, 0.2) is 33.8 Å². The van der Waals surface area contributed by atoms with Crippen molar-refractivity contribution in [1.82, 2.24) is 4.98 Å². The van der Waals surface area contributed by atoms with E-state index in [-0.39, 0.29) is 5.97 Å². The quantitative estimate of drug-likeness (QED) is 0.149. The summed E-state index contributed by atoms with van der Waals surface area (Å²) in [6.07, 6.45) is 21.0. The Morgan fingerprint density at radius 2 is 1.39 bits per heavy atom. The molecule has 0 aliphatic rings. The lowest BCUT2D eigenvalue weighted by Gasteiger charge is -2.05. The zero-order valence-corrected chi connectivity index (χ0v) is 19.2. The molecule has 0 aliphatic carbocycles. The summed E-state index contributed by atoms with van der Waals surface area (Å²) < 4.78 is 10.1. The largest absolute Gasteiger partial charge is 0.426 e. The van der Waals surface area contributed by atoms with E-state index in [1.165, 1.54) is 83.5 Å². The fraction of sp³-hybridized carbons (Fsp3) is 0.654. The first kappa shape index (κ1) is 25.1. The minimum absolute atomic E-state index is 0.239. The van der Waals surface area contributed by atoms with Crippen LogP contribution in [-0.4, -0.2) is 11.0 Å². The van der Waals surface area contributed by atoms with Gasteiger partial charge >= 0.3 is 11.6 Å². The molecule has 31 heavy (non-hydrogen) atoms. The molecular weight excluding hydrogens is 390 g/mol. The lowest BCUT2D eigenvalue weighted by molar-refractivity contribution is -0.134. The maximum Gasteiger partial charge on any atom is 0.346 e. The Morgan fingerprint density at radius 1 is 0.839 bits per heavy atom. The Bertz CT molecular complexity index is 814. The summed E-state index contributed by atoms with van der Waals surface area (Å²) >= 11 is 0. The monoisotopic (exact) mass is 429 g/mol. The Hall–Kier alpha value is -2.17. The van der Waals surface area contributed by atoms with E-state index in [0.29, 0.717) is 23.1 Å². The number of hydrogen-bond acceptors (Lipinski definition) is 5. The molecule has 1 aromatic carbocycles. The maximum atomic E-state index is 12.0. The van der Waals surface area contributed by atoms with E-state index in [4.69, 9.17) is 9.15 Å². The molecule has 0 bridgehead atoms. The first-order valence-corrected chi connectivity index (χ1v) is 12.3. The number of benzene rings is 1. The number of ether oxygens (including phenoxy) is 1.